The first kappa shape index (κ1) is 20.0. The number of piperazine rings is 1. The quantitative estimate of drug-likeness (QED) is 0.773. The van der Waals surface area contributed by atoms with Crippen LogP contribution in [0.3, 0.4) is 0 Å². The Morgan fingerprint density at radius 3 is 2.44 bits per heavy atom. The maximum atomic E-state index is 13.0. The fourth-order valence-electron chi connectivity index (χ4n) is 3.38. The van der Waals surface area contributed by atoms with E-state index >= 15 is 0 Å². The molecular formula is C21H28FN3OS. The van der Waals surface area contributed by atoms with E-state index in [1.807, 2.05) is 10.3 Å². The highest BCUT2D eigenvalue weighted by Crippen LogP contribution is 2.23. The molecule has 1 aromatic heterocycles. The van der Waals surface area contributed by atoms with Crippen LogP contribution in [0.5, 0.6) is 0 Å². The second-order valence-corrected chi connectivity index (χ2v) is 9.29. The van der Waals surface area contributed by atoms with E-state index in [9.17, 15) is 9.18 Å². The monoisotopic (exact) mass is 389 g/mol. The summed E-state index contributed by atoms with van der Waals surface area (Å²) in [5, 5.41) is 2.92. The molecule has 0 radical (unpaired) electrons. The van der Waals surface area contributed by atoms with Crippen molar-refractivity contribution in [3.05, 3.63) is 40.5 Å². The van der Waals surface area contributed by atoms with E-state index in [1.165, 1.54) is 12.1 Å². The van der Waals surface area contributed by atoms with Gasteiger partial charge in [0.1, 0.15) is 5.82 Å². The molecule has 1 fully saturated rings. The number of rotatable bonds is 5. The molecule has 1 aliphatic rings. The molecule has 1 aliphatic heterocycles. The average Bonchev–Trinajstić information content (AvgIpc) is 3.08. The lowest BCUT2D eigenvalue weighted by Crippen LogP contribution is -2.50. The van der Waals surface area contributed by atoms with Gasteiger partial charge in [-0.25, -0.2) is 9.37 Å². The van der Waals surface area contributed by atoms with Crippen molar-refractivity contribution in [1.29, 1.82) is 0 Å². The summed E-state index contributed by atoms with van der Waals surface area (Å²) in [6.45, 7) is 11.3. The summed E-state index contributed by atoms with van der Waals surface area (Å²) in [4.78, 5) is 21.5. The van der Waals surface area contributed by atoms with Crippen molar-refractivity contribution in [2.45, 2.75) is 33.6 Å². The number of aromatic nitrogens is 1. The van der Waals surface area contributed by atoms with Gasteiger partial charge in [0.2, 0.25) is 5.91 Å². The van der Waals surface area contributed by atoms with Gasteiger partial charge >= 0.3 is 0 Å². The molecule has 0 bridgehead atoms. The third-order valence-electron chi connectivity index (χ3n) is 4.67. The minimum atomic E-state index is -0.248. The van der Waals surface area contributed by atoms with Crippen molar-refractivity contribution in [1.82, 2.24) is 14.8 Å². The van der Waals surface area contributed by atoms with Crippen LogP contribution in [0.2, 0.25) is 0 Å². The lowest BCUT2D eigenvalue weighted by molar-refractivity contribution is -0.133. The van der Waals surface area contributed by atoms with Crippen LogP contribution in [0.15, 0.2) is 29.6 Å². The largest absolute Gasteiger partial charge is 0.340 e. The predicted octanol–water partition coefficient (Wildman–Crippen LogP) is 4.07. The van der Waals surface area contributed by atoms with Gasteiger partial charge in [0.25, 0.3) is 0 Å². The summed E-state index contributed by atoms with van der Waals surface area (Å²) in [5.41, 5.74) is 2.04. The van der Waals surface area contributed by atoms with Crippen molar-refractivity contribution < 1.29 is 9.18 Å². The zero-order valence-electron chi connectivity index (χ0n) is 16.4. The van der Waals surface area contributed by atoms with Crippen LogP contribution in [0.4, 0.5) is 4.39 Å². The number of aryl methyl sites for hydroxylation is 1. The third kappa shape index (κ3) is 5.84. The minimum absolute atomic E-state index is 0.212. The first-order chi connectivity index (χ1) is 12.8. The molecule has 4 nitrogen and oxygen atoms in total. The van der Waals surface area contributed by atoms with Gasteiger partial charge in [-0.2, -0.15) is 0 Å². The summed E-state index contributed by atoms with van der Waals surface area (Å²) in [6, 6.07) is 6.35. The van der Waals surface area contributed by atoms with Crippen LogP contribution in [0, 0.1) is 11.2 Å². The summed E-state index contributed by atoms with van der Waals surface area (Å²) in [6.07, 6.45) is 1.16. The molecule has 1 amide bonds. The van der Waals surface area contributed by atoms with Gasteiger partial charge in [-0.05, 0) is 29.7 Å². The standard InChI is InChI=1S/C21H28FN3OS/c1-21(2,3)15-24-10-12-25(13-11-24)20(26)9-8-19-23-18(14-27-19)16-4-6-17(22)7-5-16/h4-7,14H,8-13,15H2,1-3H3. The molecule has 0 atom stereocenters. The molecule has 2 heterocycles. The number of amides is 1. The highest BCUT2D eigenvalue weighted by atomic mass is 32.1. The predicted molar refractivity (Wildman–Crippen MR) is 108 cm³/mol. The van der Waals surface area contributed by atoms with Gasteiger partial charge in [0.05, 0.1) is 10.7 Å². The van der Waals surface area contributed by atoms with Gasteiger partial charge in [-0.15, -0.1) is 11.3 Å². The average molecular weight is 390 g/mol. The van der Waals surface area contributed by atoms with Crippen LogP contribution in [0.1, 0.15) is 32.2 Å². The zero-order valence-corrected chi connectivity index (χ0v) is 17.2. The zero-order chi connectivity index (χ0) is 19.4. The molecule has 1 saturated heterocycles. The molecule has 2 aromatic rings. The van der Waals surface area contributed by atoms with Crippen molar-refractivity contribution in [3.8, 4) is 11.3 Å². The van der Waals surface area contributed by atoms with Crippen LogP contribution in [-0.2, 0) is 11.2 Å². The second kappa shape index (κ2) is 8.48. The molecule has 0 aliphatic carbocycles. The van der Waals surface area contributed by atoms with Gasteiger partial charge in [-0.3, -0.25) is 9.69 Å². The minimum Gasteiger partial charge on any atom is -0.340 e. The normalized spacial score (nSPS) is 15.9. The third-order valence-corrected chi connectivity index (χ3v) is 5.58. The van der Waals surface area contributed by atoms with Crippen LogP contribution in [0.25, 0.3) is 11.3 Å². The van der Waals surface area contributed by atoms with Gasteiger partial charge in [0.15, 0.2) is 0 Å². The first-order valence-electron chi connectivity index (χ1n) is 9.51. The molecule has 27 heavy (non-hydrogen) atoms. The summed E-state index contributed by atoms with van der Waals surface area (Å²) in [7, 11) is 0. The fourth-order valence-corrected chi connectivity index (χ4v) is 4.18. The van der Waals surface area contributed by atoms with Crippen molar-refractivity contribution in [2.24, 2.45) is 5.41 Å². The molecule has 146 valence electrons. The Balaban J connectivity index is 1.47. The molecule has 0 saturated carbocycles. The number of carbonyl (C=O) groups is 1. The Bertz CT molecular complexity index is 758. The highest BCUT2D eigenvalue weighted by molar-refractivity contribution is 7.09. The molecule has 1 aromatic carbocycles. The smallest absolute Gasteiger partial charge is 0.223 e. The number of benzene rings is 1. The summed E-state index contributed by atoms with van der Waals surface area (Å²) in [5.74, 6) is -0.0358. The Morgan fingerprint density at radius 1 is 1.15 bits per heavy atom. The Morgan fingerprint density at radius 2 is 1.81 bits per heavy atom. The molecule has 0 spiro atoms. The number of hydrogen-bond acceptors (Lipinski definition) is 4. The number of carbonyl (C=O) groups excluding carboxylic acids is 1. The maximum absolute atomic E-state index is 13.0. The van der Waals surface area contributed by atoms with Crippen molar-refractivity contribution >= 4 is 17.2 Å². The lowest BCUT2D eigenvalue weighted by Gasteiger charge is -2.37. The molecule has 6 heteroatoms. The molecule has 0 unspecified atom stereocenters. The van der Waals surface area contributed by atoms with E-state index in [2.05, 4.69) is 30.7 Å². The van der Waals surface area contributed by atoms with Crippen LogP contribution < -0.4 is 0 Å². The number of halogens is 1. The Labute approximate surface area is 165 Å². The van der Waals surface area contributed by atoms with Gasteiger partial charge in [0, 0.05) is 56.5 Å². The van der Waals surface area contributed by atoms with Crippen LogP contribution in [-0.4, -0.2) is 53.4 Å². The number of hydrogen-bond donors (Lipinski definition) is 0. The Kier molecular flexibility index (Phi) is 6.27. The fraction of sp³-hybridized carbons (Fsp3) is 0.524. The van der Waals surface area contributed by atoms with Gasteiger partial charge in [-0.1, -0.05) is 20.8 Å². The van der Waals surface area contributed by atoms with E-state index in [0.717, 1.165) is 49.0 Å². The Hall–Kier alpha value is -1.79. The SMILES string of the molecule is CC(C)(C)CN1CCN(C(=O)CCc2nc(-c3ccc(F)cc3)cs2)CC1. The van der Waals surface area contributed by atoms with E-state index in [0.29, 0.717) is 18.3 Å². The molecule has 3 rings (SSSR count). The first-order valence-corrected chi connectivity index (χ1v) is 10.4. The van der Waals surface area contributed by atoms with Gasteiger partial charge < -0.3 is 4.90 Å². The van der Waals surface area contributed by atoms with E-state index < -0.39 is 0 Å². The second-order valence-electron chi connectivity index (χ2n) is 8.35. The summed E-state index contributed by atoms with van der Waals surface area (Å²) >= 11 is 1.56. The summed E-state index contributed by atoms with van der Waals surface area (Å²) < 4.78 is 13.0. The van der Waals surface area contributed by atoms with E-state index in [-0.39, 0.29) is 11.7 Å². The van der Waals surface area contributed by atoms with Crippen LogP contribution >= 0.6 is 11.3 Å². The van der Waals surface area contributed by atoms with E-state index in [1.54, 1.807) is 23.5 Å². The van der Waals surface area contributed by atoms with Crippen molar-refractivity contribution in [2.75, 3.05) is 32.7 Å². The number of nitrogens with zero attached hydrogens (tertiary/aromatic N) is 3. The lowest BCUT2D eigenvalue weighted by atomic mass is 9.96. The number of thiazole rings is 1. The maximum Gasteiger partial charge on any atom is 0.223 e. The van der Waals surface area contributed by atoms with Crippen molar-refractivity contribution in [3.63, 3.8) is 0 Å². The molecule has 0 N–H and O–H groups in total. The molecular weight excluding hydrogens is 361 g/mol. The van der Waals surface area contributed by atoms with E-state index in [4.69, 9.17) is 0 Å². The highest BCUT2D eigenvalue weighted by Gasteiger charge is 2.24. The topological polar surface area (TPSA) is 36.4 Å².